The Kier molecular flexibility index (Phi) is 3.85. The van der Waals surface area contributed by atoms with Crippen molar-refractivity contribution in [3.63, 3.8) is 0 Å². The van der Waals surface area contributed by atoms with Crippen LogP contribution in [0.2, 0.25) is 0 Å². The Morgan fingerprint density at radius 1 is 1.20 bits per heavy atom. The van der Waals surface area contributed by atoms with Gasteiger partial charge in [0.25, 0.3) is 11.1 Å². The molecular weight excluding hydrogens is 194 g/mol. The molecule has 0 spiro atoms. The summed E-state index contributed by atoms with van der Waals surface area (Å²) < 4.78 is 1.36. The molecule has 1 aromatic heterocycles. The molecule has 0 aliphatic heterocycles. The van der Waals surface area contributed by atoms with Crippen molar-refractivity contribution >= 4 is 0 Å². The number of nitrogens with one attached hydrogen (secondary N) is 1. The number of rotatable bonds is 4. The zero-order chi connectivity index (χ0) is 11.4. The minimum atomic E-state index is -0.195. The molecule has 0 unspecified atom stereocenters. The third kappa shape index (κ3) is 2.56. The van der Waals surface area contributed by atoms with E-state index in [1.54, 1.807) is 13.8 Å². The first-order chi connectivity index (χ1) is 7.07. The van der Waals surface area contributed by atoms with Gasteiger partial charge in [0, 0.05) is 17.7 Å². The van der Waals surface area contributed by atoms with Crippen LogP contribution in [0.4, 0.5) is 0 Å². The Morgan fingerprint density at radius 3 is 2.47 bits per heavy atom. The van der Waals surface area contributed by atoms with E-state index < -0.39 is 0 Å². The van der Waals surface area contributed by atoms with Crippen LogP contribution in [0.1, 0.15) is 24.0 Å². The van der Waals surface area contributed by atoms with Gasteiger partial charge in [0.1, 0.15) is 0 Å². The summed E-state index contributed by atoms with van der Waals surface area (Å²) in [5, 5.41) is 2.55. The average Bonchev–Trinajstić information content (AvgIpc) is 2.23. The molecule has 15 heavy (non-hydrogen) atoms. The molecule has 0 aliphatic rings. The van der Waals surface area contributed by atoms with Gasteiger partial charge in [0.05, 0.1) is 0 Å². The van der Waals surface area contributed by atoms with Gasteiger partial charge in [-0.2, -0.15) is 0 Å². The lowest BCUT2D eigenvalue weighted by Crippen LogP contribution is -2.33. The molecular formula is C10H17N3O2. The summed E-state index contributed by atoms with van der Waals surface area (Å²) >= 11 is 0. The molecule has 3 N–H and O–H groups in total. The van der Waals surface area contributed by atoms with E-state index in [0.29, 0.717) is 24.2 Å². The number of aromatic amines is 1. The molecule has 84 valence electrons. The fourth-order valence-corrected chi connectivity index (χ4v) is 1.36. The number of hydrogen-bond donors (Lipinski definition) is 2. The molecule has 1 rings (SSSR count). The maximum absolute atomic E-state index is 11.7. The third-order valence-electron chi connectivity index (χ3n) is 2.54. The largest absolute Gasteiger partial charge is 0.330 e. The summed E-state index contributed by atoms with van der Waals surface area (Å²) in [6, 6.07) is 0. The van der Waals surface area contributed by atoms with E-state index in [1.165, 1.54) is 4.68 Å². The SMILES string of the molecule is Cc1c(C)c(=O)n(CCCCN)[nH]c1=O. The lowest BCUT2D eigenvalue weighted by atomic mass is 10.2. The van der Waals surface area contributed by atoms with Gasteiger partial charge in [-0.25, -0.2) is 0 Å². The number of aromatic nitrogens is 2. The van der Waals surface area contributed by atoms with Crippen LogP contribution in [0.15, 0.2) is 9.59 Å². The van der Waals surface area contributed by atoms with Crippen LogP contribution in [0.25, 0.3) is 0 Å². The number of aryl methyl sites for hydroxylation is 1. The van der Waals surface area contributed by atoms with Gasteiger partial charge >= 0.3 is 0 Å². The number of nitrogens with two attached hydrogens (primary N) is 1. The molecule has 0 aliphatic carbocycles. The molecule has 0 aromatic carbocycles. The van der Waals surface area contributed by atoms with Crippen molar-refractivity contribution in [3.8, 4) is 0 Å². The van der Waals surface area contributed by atoms with Crippen molar-refractivity contribution in [2.24, 2.45) is 5.73 Å². The maximum atomic E-state index is 11.7. The third-order valence-corrected chi connectivity index (χ3v) is 2.54. The van der Waals surface area contributed by atoms with Crippen LogP contribution in [-0.4, -0.2) is 16.3 Å². The summed E-state index contributed by atoms with van der Waals surface area (Å²) in [5.41, 5.74) is 6.05. The molecule has 0 radical (unpaired) electrons. The van der Waals surface area contributed by atoms with Gasteiger partial charge in [-0.1, -0.05) is 0 Å². The van der Waals surface area contributed by atoms with Crippen LogP contribution >= 0.6 is 0 Å². The number of hydrogen-bond acceptors (Lipinski definition) is 3. The summed E-state index contributed by atoms with van der Waals surface area (Å²) in [4.78, 5) is 23.1. The van der Waals surface area contributed by atoms with Crippen molar-refractivity contribution in [1.29, 1.82) is 0 Å². The molecule has 0 amide bonds. The molecule has 0 saturated heterocycles. The van der Waals surface area contributed by atoms with Gasteiger partial charge in [-0.3, -0.25) is 19.4 Å². The van der Waals surface area contributed by atoms with Crippen LogP contribution in [0.3, 0.4) is 0 Å². The highest BCUT2D eigenvalue weighted by molar-refractivity contribution is 5.17. The standard InChI is InChI=1S/C10H17N3O2/c1-7-8(2)10(15)13(12-9(7)14)6-4-3-5-11/h3-6,11H2,1-2H3,(H,12,14). The second kappa shape index (κ2) is 4.93. The van der Waals surface area contributed by atoms with E-state index in [0.717, 1.165) is 12.8 Å². The van der Waals surface area contributed by atoms with Crippen LogP contribution < -0.4 is 16.9 Å². The fraction of sp³-hybridized carbons (Fsp3) is 0.600. The molecule has 0 fully saturated rings. The first-order valence-corrected chi connectivity index (χ1v) is 5.08. The molecule has 1 aromatic rings. The van der Waals surface area contributed by atoms with Crippen molar-refractivity contribution in [3.05, 3.63) is 31.8 Å². The summed E-state index contributed by atoms with van der Waals surface area (Å²) in [6.07, 6.45) is 1.65. The predicted octanol–water partition coefficient (Wildman–Crippen LogP) is -0.108. The van der Waals surface area contributed by atoms with Crippen molar-refractivity contribution in [1.82, 2.24) is 9.78 Å². The highest BCUT2D eigenvalue weighted by Gasteiger charge is 2.06. The Labute approximate surface area is 87.9 Å². The number of unbranched alkanes of at least 4 members (excludes halogenated alkanes) is 1. The smallest absolute Gasteiger partial charge is 0.268 e. The topological polar surface area (TPSA) is 80.9 Å². The molecule has 5 nitrogen and oxygen atoms in total. The Morgan fingerprint density at radius 2 is 1.87 bits per heavy atom. The van der Waals surface area contributed by atoms with Crippen LogP contribution in [0, 0.1) is 13.8 Å². The van der Waals surface area contributed by atoms with E-state index in [9.17, 15) is 9.59 Å². The van der Waals surface area contributed by atoms with E-state index >= 15 is 0 Å². The second-order valence-electron chi connectivity index (χ2n) is 3.64. The maximum Gasteiger partial charge on any atom is 0.268 e. The van der Waals surface area contributed by atoms with Crippen LogP contribution in [-0.2, 0) is 6.54 Å². The lowest BCUT2D eigenvalue weighted by Gasteiger charge is -2.07. The normalized spacial score (nSPS) is 10.6. The zero-order valence-corrected chi connectivity index (χ0v) is 9.17. The molecule has 0 atom stereocenters. The van der Waals surface area contributed by atoms with Crippen molar-refractivity contribution in [2.75, 3.05) is 6.54 Å². The van der Waals surface area contributed by atoms with Gasteiger partial charge in [-0.05, 0) is 33.2 Å². The van der Waals surface area contributed by atoms with Gasteiger partial charge in [0.2, 0.25) is 0 Å². The summed E-state index contributed by atoms with van der Waals surface area (Å²) in [6.45, 7) is 4.45. The summed E-state index contributed by atoms with van der Waals surface area (Å²) in [5.74, 6) is 0. The summed E-state index contributed by atoms with van der Waals surface area (Å²) in [7, 11) is 0. The van der Waals surface area contributed by atoms with Gasteiger partial charge < -0.3 is 5.73 Å². The highest BCUT2D eigenvalue weighted by Crippen LogP contribution is 1.93. The van der Waals surface area contributed by atoms with E-state index in [4.69, 9.17) is 5.73 Å². The lowest BCUT2D eigenvalue weighted by molar-refractivity contribution is 0.524. The first kappa shape index (κ1) is 11.7. The Hall–Kier alpha value is -1.36. The van der Waals surface area contributed by atoms with Gasteiger partial charge in [-0.15, -0.1) is 0 Å². The second-order valence-corrected chi connectivity index (χ2v) is 3.64. The van der Waals surface area contributed by atoms with Crippen molar-refractivity contribution < 1.29 is 0 Å². The molecule has 0 bridgehead atoms. The Bertz CT molecular complexity index is 445. The minimum absolute atomic E-state index is 0.121. The van der Waals surface area contributed by atoms with E-state index in [1.807, 2.05) is 0 Å². The quantitative estimate of drug-likeness (QED) is 0.682. The van der Waals surface area contributed by atoms with E-state index in [-0.39, 0.29) is 11.1 Å². The zero-order valence-electron chi connectivity index (χ0n) is 9.17. The molecule has 0 saturated carbocycles. The van der Waals surface area contributed by atoms with E-state index in [2.05, 4.69) is 5.10 Å². The molecule has 1 heterocycles. The highest BCUT2D eigenvalue weighted by atomic mass is 16.2. The van der Waals surface area contributed by atoms with Crippen molar-refractivity contribution in [2.45, 2.75) is 33.2 Å². The first-order valence-electron chi connectivity index (χ1n) is 5.08. The Balaban J connectivity index is 3.00. The molecule has 5 heteroatoms. The fourth-order valence-electron chi connectivity index (χ4n) is 1.36. The van der Waals surface area contributed by atoms with Crippen LogP contribution in [0.5, 0.6) is 0 Å². The number of H-pyrrole nitrogens is 1. The number of nitrogens with zero attached hydrogens (tertiary/aromatic N) is 1. The monoisotopic (exact) mass is 211 g/mol. The minimum Gasteiger partial charge on any atom is -0.330 e. The predicted molar refractivity (Wildman–Crippen MR) is 59.1 cm³/mol. The van der Waals surface area contributed by atoms with Gasteiger partial charge in [0.15, 0.2) is 0 Å². The average molecular weight is 211 g/mol.